The molecule has 1 aliphatic heterocycles. The van der Waals surface area contributed by atoms with Crippen molar-refractivity contribution in [3.05, 3.63) is 39.3 Å². The number of rotatable bonds is 5. The molecule has 0 aromatic heterocycles. The van der Waals surface area contributed by atoms with Crippen LogP contribution in [0.15, 0.2) is 33.9 Å². The first-order valence-electron chi connectivity index (χ1n) is 8.76. The van der Waals surface area contributed by atoms with Gasteiger partial charge in [-0.25, -0.2) is 4.79 Å². The highest BCUT2D eigenvalue weighted by Gasteiger charge is 2.59. The molecule has 1 N–H and O–H groups in total. The van der Waals surface area contributed by atoms with Gasteiger partial charge in [-0.2, -0.15) is 10.1 Å². The fourth-order valence-corrected chi connectivity index (χ4v) is 5.08. The van der Waals surface area contributed by atoms with Crippen LogP contribution in [-0.2, 0) is 14.4 Å². The third-order valence-corrected chi connectivity index (χ3v) is 6.25. The van der Waals surface area contributed by atoms with E-state index in [9.17, 15) is 14.4 Å². The van der Waals surface area contributed by atoms with Gasteiger partial charge < -0.3 is 9.84 Å². The Morgan fingerprint density at radius 3 is 2.50 bits per heavy atom. The van der Waals surface area contributed by atoms with Crippen LogP contribution in [-0.4, -0.2) is 40.2 Å². The van der Waals surface area contributed by atoms with Crippen molar-refractivity contribution in [2.24, 2.45) is 28.8 Å². The molecule has 1 aromatic rings. The average molecular weight is 468 g/mol. The second-order valence-electron chi connectivity index (χ2n) is 7.14. The summed E-state index contributed by atoms with van der Waals surface area (Å²) in [5.41, 5.74) is 0.353. The molecule has 2 amide bonds. The Labute approximate surface area is 174 Å². The van der Waals surface area contributed by atoms with Gasteiger partial charge in [-0.15, -0.1) is 0 Å². The van der Waals surface area contributed by atoms with Crippen molar-refractivity contribution < 1.29 is 24.2 Å². The van der Waals surface area contributed by atoms with E-state index in [2.05, 4.69) is 21.0 Å². The Bertz CT molecular complexity index is 916. The van der Waals surface area contributed by atoms with Crippen molar-refractivity contribution in [1.82, 2.24) is 5.01 Å². The second kappa shape index (κ2) is 7.00. The van der Waals surface area contributed by atoms with E-state index in [1.54, 1.807) is 6.07 Å². The Kier molecular flexibility index (Phi) is 4.79. The molecular weight excluding hydrogens is 452 g/mol. The zero-order chi connectivity index (χ0) is 20.2. The molecule has 3 aliphatic rings. The molecule has 2 bridgehead atoms. The summed E-state index contributed by atoms with van der Waals surface area (Å²) in [7, 11) is 0. The third kappa shape index (κ3) is 3.04. The van der Waals surface area contributed by atoms with E-state index < -0.39 is 12.1 Å². The molecule has 1 heterocycles. The lowest BCUT2D eigenvalue weighted by molar-refractivity contribution is -0.144. The molecule has 9 heteroatoms. The average Bonchev–Trinajstić information content (AvgIpc) is 3.30. The van der Waals surface area contributed by atoms with Crippen molar-refractivity contribution in [1.29, 1.82) is 0 Å². The maximum atomic E-state index is 12.7. The Morgan fingerprint density at radius 1 is 1.32 bits per heavy atom. The molecule has 28 heavy (non-hydrogen) atoms. The Balaban J connectivity index is 1.62. The zero-order valence-corrected chi connectivity index (χ0v) is 17.1. The summed E-state index contributed by atoms with van der Waals surface area (Å²) < 4.78 is 5.92. The van der Waals surface area contributed by atoms with Crippen LogP contribution in [0.2, 0.25) is 5.02 Å². The van der Waals surface area contributed by atoms with Gasteiger partial charge in [0.15, 0.2) is 6.10 Å². The first-order chi connectivity index (χ1) is 13.3. The number of carbonyl (C=O) groups is 3. The van der Waals surface area contributed by atoms with E-state index in [1.807, 2.05) is 12.2 Å². The Hall–Kier alpha value is -2.19. The van der Waals surface area contributed by atoms with Crippen LogP contribution in [0.5, 0.6) is 5.75 Å². The molecule has 2 fully saturated rings. The number of amides is 2. The summed E-state index contributed by atoms with van der Waals surface area (Å²) in [5, 5.41) is 14.5. The van der Waals surface area contributed by atoms with Crippen LogP contribution in [0.3, 0.4) is 0 Å². The fourth-order valence-electron chi connectivity index (χ4n) is 4.15. The van der Waals surface area contributed by atoms with Crippen LogP contribution < -0.4 is 4.74 Å². The van der Waals surface area contributed by atoms with Gasteiger partial charge in [0.25, 0.3) is 11.8 Å². The lowest BCUT2D eigenvalue weighted by Gasteiger charge is -2.15. The van der Waals surface area contributed by atoms with E-state index in [0.29, 0.717) is 15.1 Å². The van der Waals surface area contributed by atoms with E-state index in [-0.39, 0.29) is 41.2 Å². The number of hydrazone groups is 1. The van der Waals surface area contributed by atoms with E-state index in [0.717, 1.165) is 11.4 Å². The van der Waals surface area contributed by atoms with Crippen molar-refractivity contribution in [2.75, 3.05) is 0 Å². The maximum absolute atomic E-state index is 12.7. The Morgan fingerprint density at radius 2 is 1.93 bits per heavy atom. The minimum atomic E-state index is -1.13. The van der Waals surface area contributed by atoms with Crippen LogP contribution in [0.4, 0.5) is 0 Å². The van der Waals surface area contributed by atoms with Crippen molar-refractivity contribution in [3.8, 4) is 5.75 Å². The number of benzene rings is 1. The normalized spacial score (nSPS) is 29.0. The summed E-state index contributed by atoms with van der Waals surface area (Å²) >= 11 is 9.38. The molecule has 5 atom stereocenters. The lowest BCUT2D eigenvalue weighted by Crippen LogP contribution is -2.28. The minimum Gasteiger partial charge on any atom is -0.479 e. The molecule has 4 rings (SSSR count). The van der Waals surface area contributed by atoms with Crippen molar-refractivity contribution in [2.45, 2.75) is 19.4 Å². The summed E-state index contributed by atoms with van der Waals surface area (Å²) in [6.45, 7) is 1.39. The number of halogens is 2. The predicted octanol–water partition coefficient (Wildman–Crippen LogP) is 3.10. The molecular formula is C19H16BrClN2O5. The minimum absolute atomic E-state index is 0.0993. The number of carbonyl (C=O) groups excluding carboxylic acids is 2. The summed E-state index contributed by atoms with van der Waals surface area (Å²) in [5.74, 6) is -2.00. The SMILES string of the molecule is CC(Oc1c(Br)cc(Cl)cc1C=NN1C(=O)C2C3C=CC(C3)C2C1=O)C(=O)O. The number of hydrogen-bond donors (Lipinski definition) is 1. The number of carboxylic acid groups (broad SMARTS) is 1. The monoisotopic (exact) mass is 466 g/mol. The predicted molar refractivity (Wildman–Crippen MR) is 104 cm³/mol. The van der Waals surface area contributed by atoms with Crippen LogP contribution in [0.25, 0.3) is 0 Å². The zero-order valence-electron chi connectivity index (χ0n) is 14.7. The van der Waals surface area contributed by atoms with Crippen LogP contribution in [0, 0.1) is 23.7 Å². The van der Waals surface area contributed by atoms with Gasteiger partial charge in [0.1, 0.15) is 5.75 Å². The molecule has 146 valence electrons. The number of fused-ring (bicyclic) bond motifs is 5. The molecule has 0 spiro atoms. The standard InChI is InChI=1S/C19H16BrClN2O5/c1-8(19(26)27)28-16-11(5-12(21)6-13(16)20)7-22-23-17(24)14-9-2-3-10(4-9)15(14)18(23)25/h2-3,5-10,14-15H,4H2,1H3,(H,26,27). The number of imide groups is 1. The van der Waals surface area contributed by atoms with E-state index in [1.165, 1.54) is 19.2 Å². The molecule has 0 radical (unpaired) electrons. The highest BCUT2D eigenvalue weighted by atomic mass is 79.9. The number of nitrogens with zero attached hydrogens (tertiary/aromatic N) is 2. The van der Waals surface area contributed by atoms with Gasteiger partial charge in [-0.1, -0.05) is 23.8 Å². The summed E-state index contributed by atoms with van der Waals surface area (Å²) in [6, 6.07) is 3.08. The quantitative estimate of drug-likeness (QED) is 0.408. The van der Waals surface area contributed by atoms with Crippen LogP contribution in [0.1, 0.15) is 18.9 Å². The van der Waals surface area contributed by atoms with Crippen LogP contribution >= 0.6 is 27.5 Å². The topological polar surface area (TPSA) is 96.3 Å². The number of allylic oxidation sites excluding steroid dienone is 2. The van der Waals surface area contributed by atoms with E-state index >= 15 is 0 Å². The number of carboxylic acids is 1. The summed E-state index contributed by atoms with van der Waals surface area (Å²) in [6.07, 6.45) is 5.05. The molecule has 1 aromatic carbocycles. The fraction of sp³-hybridized carbons (Fsp3) is 0.368. The maximum Gasteiger partial charge on any atom is 0.344 e. The first-order valence-corrected chi connectivity index (χ1v) is 9.93. The smallest absolute Gasteiger partial charge is 0.344 e. The second-order valence-corrected chi connectivity index (χ2v) is 8.43. The lowest BCUT2D eigenvalue weighted by atomic mass is 9.85. The number of aliphatic carboxylic acids is 1. The largest absolute Gasteiger partial charge is 0.479 e. The van der Waals surface area contributed by atoms with Crippen molar-refractivity contribution in [3.63, 3.8) is 0 Å². The van der Waals surface area contributed by atoms with Gasteiger partial charge in [-0.3, -0.25) is 9.59 Å². The van der Waals surface area contributed by atoms with Gasteiger partial charge in [0.2, 0.25) is 0 Å². The third-order valence-electron chi connectivity index (χ3n) is 5.44. The van der Waals surface area contributed by atoms with Gasteiger partial charge in [0, 0.05) is 10.6 Å². The molecule has 5 unspecified atom stereocenters. The van der Waals surface area contributed by atoms with E-state index in [4.69, 9.17) is 21.4 Å². The molecule has 1 saturated carbocycles. The highest BCUT2D eigenvalue weighted by molar-refractivity contribution is 9.10. The number of ether oxygens (including phenoxy) is 1. The highest BCUT2D eigenvalue weighted by Crippen LogP contribution is 2.52. The molecule has 1 saturated heterocycles. The first kappa shape index (κ1) is 19.1. The molecule has 7 nitrogen and oxygen atoms in total. The van der Waals surface area contributed by atoms with Gasteiger partial charge >= 0.3 is 5.97 Å². The van der Waals surface area contributed by atoms with Gasteiger partial charge in [-0.05, 0) is 53.2 Å². The molecule has 2 aliphatic carbocycles. The van der Waals surface area contributed by atoms with Crippen molar-refractivity contribution >= 4 is 51.5 Å². The van der Waals surface area contributed by atoms with Gasteiger partial charge in [0.05, 0.1) is 22.5 Å². The number of hydrogen-bond acceptors (Lipinski definition) is 5. The summed E-state index contributed by atoms with van der Waals surface area (Å²) in [4.78, 5) is 36.5.